The van der Waals surface area contributed by atoms with Crippen LogP contribution in [0.5, 0.6) is 0 Å². The highest BCUT2D eigenvalue weighted by Gasteiger charge is 2.37. The minimum Gasteiger partial charge on any atom is -0.457 e. The first kappa shape index (κ1) is 25.9. The van der Waals surface area contributed by atoms with Gasteiger partial charge in [-0.3, -0.25) is 4.79 Å². The van der Waals surface area contributed by atoms with Gasteiger partial charge in [-0.1, -0.05) is 47.1 Å². The largest absolute Gasteiger partial charge is 0.457 e. The number of ether oxygens (including phenoxy) is 1. The van der Waals surface area contributed by atoms with Crippen LogP contribution in [0, 0.1) is 11.3 Å². The maximum Gasteiger partial charge on any atom is 0.337 e. The van der Waals surface area contributed by atoms with Crippen LogP contribution in [-0.4, -0.2) is 23.1 Å². The Kier molecular flexibility index (Phi) is 8.14. The summed E-state index contributed by atoms with van der Waals surface area (Å²) in [5.74, 6) is -1.16. The number of nitrogens with zero attached hydrogens (tertiary/aromatic N) is 1. The van der Waals surface area contributed by atoms with Gasteiger partial charge < -0.3 is 10.1 Å². The molecule has 0 aliphatic carbocycles. The lowest BCUT2D eigenvalue weighted by atomic mass is 9.82. The van der Waals surface area contributed by atoms with Crippen LogP contribution < -0.4 is 5.32 Å². The van der Waals surface area contributed by atoms with E-state index in [-0.39, 0.29) is 11.5 Å². The summed E-state index contributed by atoms with van der Waals surface area (Å²) < 4.78 is 5.65. The van der Waals surface area contributed by atoms with Crippen LogP contribution in [0.4, 0.5) is 0 Å². The van der Waals surface area contributed by atoms with Crippen molar-refractivity contribution in [1.29, 1.82) is 5.26 Å². The standard InChI is InChI=1S/C26H24Cl2N2O3S/c1-15-22(25(32)33-26(2,3)4)23(17-7-11-19(28)12-8-17)20(13-29)24(30-15)34-14-21(31)16-5-9-18(27)10-6-16/h5-12,23,30H,14H2,1-4H3/t23-/m0/s1. The lowest BCUT2D eigenvalue weighted by molar-refractivity contribution is -0.150. The van der Waals surface area contributed by atoms with Crippen molar-refractivity contribution in [3.05, 3.63) is 91.6 Å². The van der Waals surface area contributed by atoms with Crippen LogP contribution in [0.15, 0.2) is 70.4 Å². The monoisotopic (exact) mass is 514 g/mol. The van der Waals surface area contributed by atoms with E-state index < -0.39 is 17.5 Å². The zero-order valence-electron chi connectivity index (χ0n) is 19.2. The van der Waals surface area contributed by atoms with E-state index in [2.05, 4.69) is 11.4 Å². The van der Waals surface area contributed by atoms with Gasteiger partial charge >= 0.3 is 5.97 Å². The Morgan fingerprint density at radius 2 is 1.62 bits per heavy atom. The van der Waals surface area contributed by atoms with E-state index in [1.807, 2.05) is 0 Å². The van der Waals surface area contributed by atoms with Gasteiger partial charge in [0.25, 0.3) is 0 Å². The molecule has 0 spiro atoms. The van der Waals surface area contributed by atoms with Crippen LogP contribution >= 0.6 is 35.0 Å². The topological polar surface area (TPSA) is 79.2 Å². The van der Waals surface area contributed by atoms with Gasteiger partial charge in [0.05, 0.1) is 33.9 Å². The van der Waals surface area contributed by atoms with E-state index in [9.17, 15) is 14.9 Å². The lowest BCUT2D eigenvalue weighted by Gasteiger charge is -2.31. The molecule has 3 rings (SSSR count). The number of rotatable bonds is 6. The number of nitriles is 1. The fraction of sp³-hybridized carbons (Fsp3) is 0.269. The molecule has 34 heavy (non-hydrogen) atoms. The molecule has 0 saturated carbocycles. The first-order valence-electron chi connectivity index (χ1n) is 10.5. The number of hydrogen-bond donors (Lipinski definition) is 1. The fourth-order valence-electron chi connectivity index (χ4n) is 3.48. The first-order valence-corrected chi connectivity index (χ1v) is 12.3. The number of ketones is 1. The third-order valence-electron chi connectivity index (χ3n) is 4.98. The van der Waals surface area contributed by atoms with E-state index in [0.717, 1.165) is 5.56 Å². The summed E-state index contributed by atoms with van der Waals surface area (Å²) in [7, 11) is 0. The number of allylic oxidation sites excluding steroid dienone is 2. The van der Waals surface area contributed by atoms with Crippen molar-refractivity contribution in [2.75, 3.05) is 5.75 Å². The number of thioether (sulfide) groups is 1. The molecule has 1 atom stereocenters. The second kappa shape index (κ2) is 10.7. The predicted octanol–water partition coefficient (Wildman–Crippen LogP) is 6.65. The van der Waals surface area contributed by atoms with Crippen LogP contribution in [0.2, 0.25) is 10.0 Å². The van der Waals surface area contributed by atoms with Gasteiger partial charge in [0.15, 0.2) is 5.78 Å². The Morgan fingerprint density at radius 3 is 2.15 bits per heavy atom. The Morgan fingerprint density at radius 1 is 1.06 bits per heavy atom. The molecule has 0 bridgehead atoms. The number of carbonyl (C=O) groups is 2. The molecule has 0 saturated heterocycles. The Labute approximate surface area is 213 Å². The average Bonchev–Trinajstić information content (AvgIpc) is 2.76. The second-order valence-corrected chi connectivity index (χ2v) is 10.6. The van der Waals surface area contributed by atoms with Crippen molar-refractivity contribution < 1.29 is 14.3 Å². The minimum absolute atomic E-state index is 0.101. The second-order valence-electron chi connectivity index (χ2n) is 8.72. The highest BCUT2D eigenvalue weighted by molar-refractivity contribution is 8.03. The van der Waals surface area contributed by atoms with Crippen molar-refractivity contribution in [3.63, 3.8) is 0 Å². The molecule has 1 aliphatic heterocycles. The molecule has 8 heteroatoms. The zero-order chi connectivity index (χ0) is 25.0. The average molecular weight is 515 g/mol. The van der Waals surface area contributed by atoms with Crippen molar-refractivity contribution in [2.24, 2.45) is 0 Å². The van der Waals surface area contributed by atoms with Crippen LogP contribution in [0.1, 0.15) is 49.5 Å². The van der Waals surface area contributed by atoms with E-state index >= 15 is 0 Å². The van der Waals surface area contributed by atoms with E-state index in [4.69, 9.17) is 27.9 Å². The van der Waals surface area contributed by atoms with E-state index in [0.29, 0.717) is 37.5 Å². The number of Topliss-reactive ketones (excluding diaryl/α,β-unsaturated/α-hetero) is 1. The molecular formula is C26H24Cl2N2O3S. The third-order valence-corrected chi connectivity index (χ3v) is 6.50. The van der Waals surface area contributed by atoms with Gasteiger partial charge in [0.2, 0.25) is 0 Å². The van der Waals surface area contributed by atoms with Gasteiger partial charge in [-0.15, -0.1) is 0 Å². The van der Waals surface area contributed by atoms with Gasteiger partial charge in [-0.05, 0) is 69.7 Å². The smallest absolute Gasteiger partial charge is 0.337 e. The summed E-state index contributed by atoms with van der Waals surface area (Å²) in [6, 6.07) is 15.9. The molecule has 2 aromatic carbocycles. The molecule has 1 N–H and O–H groups in total. The SMILES string of the molecule is CC1=C(C(=O)OC(C)(C)C)[C@@H](c2ccc(Cl)cc2)C(C#N)=C(SCC(=O)c2ccc(Cl)cc2)N1. The molecule has 5 nitrogen and oxygen atoms in total. The number of nitrogens with one attached hydrogen (secondary N) is 1. The number of hydrogen-bond acceptors (Lipinski definition) is 6. The number of halogens is 2. The summed E-state index contributed by atoms with van der Waals surface area (Å²) in [5.41, 5.74) is 1.80. The Bertz CT molecular complexity index is 1200. The van der Waals surface area contributed by atoms with Gasteiger partial charge in [-0.2, -0.15) is 5.26 Å². The fourth-order valence-corrected chi connectivity index (χ4v) is 4.71. The quantitative estimate of drug-likeness (QED) is 0.343. The molecule has 1 heterocycles. The van der Waals surface area contributed by atoms with Crippen molar-refractivity contribution >= 4 is 46.7 Å². The van der Waals surface area contributed by atoms with Crippen LogP contribution in [-0.2, 0) is 9.53 Å². The minimum atomic E-state index is -0.703. The Hall–Kier alpha value is -2.72. The van der Waals surface area contributed by atoms with Gasteiger partial charge in [0, 0.05) is 21.3 Å². The summed E-state index contributed by atoms with van der Waals surface area (Å²) in [5, 5.41) is 14.9. The summed E-state index contributed by atoms with van der Waals surface area (Å²) in [4.78, 5) is 25.9. The number of dihydropyridines is 1. The molecule has 0 aromatic heterocycles. The normalized spacial score (nSPS) is 16.1. The molecule has 0 amide bonds. The van der Waals surface area contributed by atoms with E-state index in [1.165, 1.54) is 11.8 Å². The van der Waals surface area contributed by atoms with Gasteiger partial charge in [0.1, 0.15) is 5.60 Å². The first-order chi connectivity index (χ1) is 16.0. The van der Waals surface area contributed by atoms with Crippen molar-refractivity contribution in [2.45, 2.75) is 39.2 Å². The number of benzene rings is 2. The molecule has 0 fully saturated rings. The van der Waals surface area contributed by atoms with E-state index in [1.54, 1.807) is 76.2 Å². The van der Waals surface area contributed by atoms with Gasteiger partial charge in [-0.25, -0.2) is 4.79 Å². The number of carbonyl (C=O) groups excluding carboxylic acids is 2. The lowest BCUT2D eigenvalue weighted by Crippen LogP contribution is -2.32. The molecule has 2 aromatic rings. The molecule has 0 radical (unpaired) electrons. The highest BCUT2D eigenvalue weighted by Crippen LogP contribution is 2.41. The van der Waals surface area contributed by atoms with Crippen LogP contribution in [0.25, 0.3) is 0 Å². The summed E-state index contributed by atoms with van der Waals surface area (Å²) in [6.45, 7) is 7.13. The zero-order valence-corrected chi connectivity index (χ0v) is 21.6. The molecular weight excluding hydrogens is 491 g/mol. The molecule has 0 unspecified atom stereocenters. The molecule has 176 valence electrons. The predicted molar refractivity (Wildman–Crippen MR) is 137 cm³/mol. The third kappa shape index (κ3) is 6.24. The Balaban J connectivity index is 1.98. The van der Waals surface area contributed by atoms with Crippen LogP contribution in [0.3, 0.4) is 0 Å². The highest BCUT2D eigenvalue weighted by atomic mass is 35.5. The number of esters is 1. The summed E-state index contributed by atoms with van der Waals surface area (Å²) >= 11 is 13.2. The molecule has 1 aliphatic rings. The maximum atomic E-state index is 13.2. The summed E-state index contributed by atoms with van der Waals surface area (Å²) in [6.07, 6.45) is 0. The maximum absolute atomic E-state index is 13.2. The van der Waals surface area contributed by atoms with Crippen molar-refractivity contribution in [1.82, 2.24) is 5.32 Å². The van der Waals surface area contributed by atoms with Crippen molar-refractivity contribution in [3.8, 4) is 6.07 Å².